The first-order valence-electron chi connectivity index (χ1n) is 8.74. The number of allylic oxidation sites excluding steroid dienone is 1. The predicted octanol–water partition coefficient (Wildman–Crippen LogP) is 4.52. The van der Waals surface area contributed by atoms with Gasteiger partial charge in [0.2, 0.25) is 0 Å². The summed E-state index contributed by atoms with van der Waals surface area (Å²) in [6.45, 7) is 6.28. The van der Waals surface area contributed by atoms with Gasteiger partial charge < -0.3 is 0 Å². The van der Waals surface area contributed by atoms with Crippen LogP contribution in [0, 0.1) is 4.77 Å². The third-order valence-electron chi connectivity index (χ3n) is 4.71. The lowest BCUT2D eigenvalue weighted by Crippen LogP contribution is -2.26. The summed E-state index contributed by atoms with van der Waals surface area (Å²) in [4.78, 5) is 8.11. The molecule has 3 aromatic heterocycles. The Hall–Kier alpha value is -2.09. The minimum atomic E-state index is 0.461. The summed E-state index contributed by atoms with van der Waals surface area (Å²) in [5, 5.41) is 6.98. The fourth-order valence-electron chi connectivity index (χ4n) is 3.51. The van der Waals surface area contributed by atoms with E-state index in [9.17, 15) is 0 Å². The van der Waals surface area contributed by atoms with Gasteiger partial charge in [0.25, 0.3) is 0 Å². The summed E-state index contributed by atoms with van der Waals surface area (Å²) in [5.41, 5.74) is 0.968. The van der Waals surface area contributed by atoms with Crippen LogP contribution in [0.3, 0.4) is 0 Å². The Balaban J connectivity index is 1.67. The third kappa shape index (κ3) is 3.30. The molecule has 0 saturated carbocycles. The molecule has 0 radical (unpaired) electrons. The number of likely N-dealkylation sites (tertiary alicyclic amines) is 1. The molecule has 0 unspecified atom stereocenters. The number of hydrogen-bond acceptors (Lipinski definition) is 5. The highest BCUT2D eigenvalue weighted by Crippen LogP contribution is 2.34. The topological polar surface area (TPSA) is 38.9 Å². The van der Waals surface area contributed by atoms with Gasteiger partial charge in [-0.25, -0.2) is 4.68 Å². The van der Waals surface area contributed by atoms with Gasteiger partial charge in [-0.1, -0.05) is 12.1 Å². The second-order valence-corrected chi connectivity index (χ2v) is 7.72. The van der Waals surface area contributed by atoms with Crippen molar-refractivity contribution in [2.24, 2.45) is 0 Å². The second-order valence-electron chi connectivity index (χ2n) is 6.37. The quantitative estimate of drug-likeness (QED) is 0.463. The van der Waals surface area contributed by atoms with Crippen LogP contribution in [0.25, 0.3) is 11.4 Å². The van der Waals surface area contributed by atoms with E-state index in [2.05, 4.69) is 34.0 Å². The Bertz CT molecular complexity index is 927. The molecule has 1 saturated heterocycles. The number of aromatic nitrogens is 4. The lowest BCUT2D eigenvalue weighted by Gasteiger charge is -2.23. The fourth-order valence-corrected chi connectivity index (χ4v) is 4.66. The zero-order chi connectivity index (χ0) is 17.9. The maximum atomic E-state index is 5.72. The molecule has 3 aromatic rings. The first-order valence-corrected chi connectivity index (χ1v) is 10.0. The molecule has 4 rings (SSSR count). The van der Waals surface area contributed by atoms with E-state index < -0.39 is 0 Å². The largest absolute Gasteiger partial charge is 0.296 e. The number of pyridine rings is 1. The van der Waals surface area contributed by atoms with Crippen LogP contribution in [0.5, 0.6) is 0 Å². The zero-order valence-corrected chi connectivity index (χ0v) is 16.1. The summed E-state index contributed by atoms with van der Waals surface area (Å²) in [6, 6.07) is 8.75. The van der Waals surface area contributed by atoms with Gasteiger partial charge in [0.05, 0.1) is 6.67 Å². The number of nitrogens with zero attached hydrogens (tertiary/aromatic N) is 5. The number of rotatable bonds is 6. The fraction of sp³-hybridized carbons (Fsp3) is 0.316. The SMILES string of the molecule is C=CCn1c(-c2cccnc2)nn(CN2CCC[C@H]2c2cccs2)c1=S. The number of thiophene rings is 1. The van der Waals surface area contributed by atoms with E-state index in [1.165, 1.54) is 17.7 Å². The van der Waals surface area contributed by atoms with Crippen molar-refractivity contribution in [3.8, 4) is 11.4 Å². The van der Waals surface area contributed by atoms with Crippen molar-refractivity contribution in [3.05, 3.63) is 64.3 Å². The van der Waals surface area contributed by atoms with E-state index >= 15 is 0 Å². The molecule has 0 amide bonds. The maximum Gasteiger partial charge on any atom is 0.199 e. The van der Waals surface area contributed by atoms with Gasteiger partial charge in [-0.15, -0.1) is 17.9 Å². The molecule has 1 atom stereocenters. The van der Waals surface area contributed by atoms with Crippen molar-refractivity contribution in [1.82, 2.24) is 24.2 Å². The molecule has 0 bridgehead atoms. The van der Waals surface area contributed by atoms with Gasteiger partial charge >= 0.3 is 0 Å². The van der Waals surface area contributed by atoms with Crippen LogP contribution in [0.15, 0.2) is 54.7 Å². The molecule has 0 aromatic carbocycles. The lowest BCUT2D eigenvalue weighted by atomic mass is 10.2. The van der Waals surface area contributed by atoms with Crippen molar-refractivity contribution in [3.63, 3.8) is 0 Å². The minimum Gasteiger partial charge on any atom is -0.296 e. The summed E-state index contributed by atoms with van der Waals surface area (Å²) >= 11 is 7.55. The Morgan fingerprint density at radius 2 is 2.27 bits per heavy atom. The van der Waals surface area contributed by atoms with Crippen molar-refractivity contribution < 1.29 is 0 Å². The van der Waals surface area contributed by atoms with Gasteiger partial charge in [-0.3, -0.25) is 14.5 Å². The van der Waals surface area contributed by atoms with Crippen molar-refractivity contribution >= 4 is 23.6 Å². The third-order valence-corrected chi connectivity index (χ3v) is 6.11. The highest BCUT2D eigenvalue weighted by atomic mass is 32.1. The summed E-state index contributed by atoms with van der Waals surface area (Å²) in [5.74, 6) is 0.842. The molecule has 1 aliphatic heterocycles. The minimum absolute atomic E-state index is 0.461. The standard InChI is InChI=1S/C19H21N5S2/c1-2-10-23-18(15-6-3-9-20-13-15)21-24(19(23)25)14-22-11-4-7-16(22)17-8-5-12-26-17/h2-3,5-6,8-9,12-13,16H,1,4,7,10-11,14H2/t16-/m0/s1. The van der Waals surface area contributed by atoms with E-state index in [-0.39, 0.29) is 0 Å². The van der Waals surface area contributed by atoms with Crippen LogP contribution < -0.4 is 0 Å². The molecule has 1 aliphatic rings. The Kier molecular flexibility index (Phi) is 5.10. The molecule has 5 nitrogen and oxygen atoms in total. The molecular formula is C19H21N5S2. The second kappa shape index (κ2) is 7.65. The number of hydrogen-bond donors (Lipinski definition) is 0. The maximum absolute atomic E-state index is 5.72. The van der Waals surface area contributed by atoms with Crippen LogP contribution >= 0.6 is 23.6 Å². The molecule has 4 heterocycles. The molecule has 134 valence electrons. The molecule has 26 heavy (non-hydrogen) atoms. The van der Waals surface area contributed by atoms with Crippen molar-refractivity contribution in [2.75, 3.05) is 6.54 Å². The zero-order valence-electron chi connectivity index (χ0n) is 14.5. The molecular weight excluding hydrogens is 362 g/mol. The summed E-state index contributed by atoms with van der Waals surface area (Å²) < 4.78 is 4.68. The van der Waals surface area contributed by atoms with E-state index in [1.54, 1.807) is 6.20 Å². The van der Waals surface area contributed by atoms with Crippen molar-refractivity contribution in [2.45, 2.75) is 32.1 Å². The van der Waals surface area contributed by atoms with Gasteiger partial charge in [0.1, 0.15) is 0 Å². The Morgan fingerprint density at radius 1 is 1.35 bits per heavy atom. The van der Waals surface area contributed by atoms with E-state index in [0.717, 1.165) is 22.7 Å². The Labute approximate surface area is 162 Å². The van der Waals surface area contributed by atoms with E-state index in [4.69, 9.17) is 17.3 Å². The average molecular weight is 384 g/mol. The lowest BCUT2D eigenvalue weighted by molar-refractivity contribution is 0.192. The van der Waals surface area contributed by atoms with Crippen LogP contribution in [0.2, 0.25) is 0 Å². The normalized spacial score (nSPS) is 17.6. The average Bonchev–Trinajstić information content (AvgIpc) is 3.39. The summed E-state index contributed by atoms with van der Waals surface area (Å²) in [6.07, 6.45) is 7.84. The van der Waals surface area contributed by atoms with Crippen LogP contribution in [-0.4, -0.2) is 30.8 Å². The monoisotopic (exact) mass is 383 g/mol. The van der Waals surface area contributed by atoms with Gasteiger partial charge in [0, 0.05) is 42.0 Å². The summed E-state index contributed by atoms with van der Waals surface area (Å²) in [7, 11) is 0. The first-order chi connectivity index (χ1) is 12.8. The molecule has 0 aliphatic carbocycles. The Morgan fingerprint density at radius 3 is 3.00 bits per heavy atom. The van der Waals surface area contributed by atoms with Gasteiger partial charge in [0.15, 0.2) is 10.6 Å². The van der Waals surface area contributed by atoms with Gasteiger partial charge in [-0.05, 0) is 48.6 Å². The predicted molar refractivity (Wildman–Crippen MR) is 107 cm³/mol. The van der Waals surface area contributed by atoms with E-state index in [0.29, 0.717) is 19.3 Å². The van der Waals surface area contributed by atoms with Crippen LogP contribution in [0.4, 0.5) is 0 Å². The molecule has 7 heteroatoms. The van der Waals surface area contributed by atoms with Crippen LogP contribution in [0.1, 0.15) is 23.8 Å². The first kappa shape index (κ1) is 17.3. The van der Waals surface area contributed by atoms with E-state index in [1.807, 2.05) is 45.0 Å². The van der Waals surface area contributed by atoms with Crippen molar-refractivity contribution in [1.29, 1.82) is 0 Å². The molecule has 0 spiro atoms. The molecule has 1 fully saturated rings. The smallest absolute Gasteiger partial charge is 0.199 e. The van der Waals surface area contributed by atoms with Gasteiger partial charge in [-0.2, -0.15) is 5.10 Å². The highest BCUT2D eigenvalue weighted by molar-refractivity contribution is 7.71. The molecule has 0 N–H and O–H groups in total. The highest BCUT2D eigenvalue weighted by Gasteiger charge is 2.27. The van der Waals surface area contributed by atoms with Crippen LogP contribution in [-0.2, 0) is 13.2 Å².